The van der Waals surface area contributed by atoms with Gasteiger partial charge in [-0.15, -0.1) is 11.3 Å². The molecule has 2 aromatic carbocycles. The van der Waals surface area contributed by atoms with Crippen LogP contribution < -0.4 is 5.32 Å². The summed E-state index contributed by atoms with van der Waals surface area (Å²) < 4.78 is 10.1. The molecule has 166 valence electrons. The summed E-state index contributed by atoms with van der Waals surface area (Å²) in [5, 5.41) is 5.60. The SMILES string of the molecule is COC(=O)c1cccc(NC(=O)Cc2csc(-c3ccc(CN4CCOCC4)cc3)n2)c1. The van der Waals surface area contributed by atoms with Gasteiger partial charge in [-0.25, -0.2) is 9.78 Å². The molecule has 3 aromatic rings. The predicted molar refractivity (Wildman–Crippen MR) is 124 cm³/mol. The van der Waals surface area contributed by atoms with E-state index in [0.717, 1.165) is 43.4 Å². The summed E-state index contributed by atoms with van der Waals surface area (Å²) in [7, 11) is 1.32. The third-order valence-electron chi connectivity index (χ3n) is 5.17. The van der Waals surface area contributed by atoms with Crippen LogP contribution in [0.2, 0.25) is 0 Å². The molecule has 7 nitrogen and oxygen atoms in total. The van der Waals surface area contributed by atoms with Crippen molar-refractivity contribution in [3.63, 3.8) is 0 Å². The van der Waals surface area contributed by atoms with E-state index in [0.29, 0.717) is 16.9 Å². The van der Waals surface area contributed by atoms with Gasteiger partial charge in [0.05, 0.1) is 38.0 Å². The number of carbonyl (C=O) groups is 2. The molecule has 4 rings (SSSR count). The lowest BCUT2D eigenvalue weighted by molar-refractivity contribution is -0.115. The lowest BCUT2D eigenvalue weighted by Gasteiger charge is -2.26. The smallest absolute Gasteiger partial charge is 0.337 e. The summed E-state index contributed by atoms with van der Waals surface area (Å²) in [4.78, 5) is 31.1. The molecule has 8 heteroatoms. The van der Waals surface area contributed by atoms with Crippen LogP contribution in [0.5, 0.6) is 0 Å². The van der Waals surface area contributed by atoms with Crippen molar-refractivity contribution < 1.29 is 19.1 Å². The Bertz CT molecular complexity index is 1070. The van der Waals surface area contributed by atoms with Gasteiger partial charge in [0.25, 0.3) is 0 Å². The van der Waals surface area contributed by atoms with Crippen molar-refractivity contribution in [1.29, 1.82) is 0 Å². The zero-order valence-corrected chi connectivity index (χ0v) is 18.7. The van der Waals surface area contributed by atoms with E-state index in [9.17, 15) is 9.59 Å². The van der Waals surface area contributed by atoms with Crippen LogP contribution in [0, 0.1) is 0 Å². The Morgan fingerprint density at radius 2 is 1.94 bits per heavy atom. The summed E-state index contributed by atoms with van der Waals surface area (Å²) in [6.07, 6.45) is 0.161. The molecule has 0 spiro atoms. The zero-order valence-electron chi connectivity index (χ0n) is 17.9. The third-order valence-corrected chi connectivity index (χ3v) is 6.11. The van der Waals surface area contributed by atoms with Gasteiger partial charge in [-0.2, -0.15) is 0 Å². The Labute approximate surface area is 191 Å². The maximum absolute atomic E-state index is 12.4. The van der Waals surface area contributed by atoms with Gasteiger partial charge in [0.1, 0.15) is 5.01 Å². The highest BCUT2D eigenvalue weighted by molar-refractivity contribution is 7.13. The van der Waals surface area contributed by atoms with Crippen LogP contribution >= 0.6 is 11.3 Å². The minimum absolute atomic E-state index is 0.161. The first-order valence-corrected chi connectivity index (χ1v) is 11.3. The Hall–Kier alpha value is -3.07. The fourth-order valence-corrected chi connectivity index (χ4v) is 4.33. The van der Waals surface area contributed by atoms with Crippen molar-refractivity contribution in [2.45, 2.75) is 13.0 Å². The number of thiazole rings is 1. The van der Waals surface area contributed by atoms with E-state index in [1.807, 2.05) is 5.38 Å². The highest BCUT2D eigenvalue weighted by Crippen LogP contribution is 2.25. The molecule has 1 fully saturated rings. The molecule has 0 aliphatic carbocycles. The quantitative estimate of drug-likeness (QED) is 0.553. The van der Waals surface area contributed by atoms with E-state index >= 15 is 0 Å². The first-order valence-electron chi connectivity index (χ1n) is 10.4. The van der Waals surface area contributed by atoms with Crippen molar-refractivity contribution in [2.24, 2.45) is 0 Å². The van der Waals surface area contributed by atoms with Crippen molar-refractivity contribution in [1.82, 2.24) is 9.88 Å². The van der Waals surface area contributed by atoms with Crippen LogP contribution in [0.4, 0.5) is 5.69 Å². The van der Waals surface area contributed by atoms with E-state index < -0.39 is 5.97 Å². The lowest BCUT2D eigenvalue weighted by atomic mass is 10.1. The lowest BCUT2D eigenvalue weighted by Crippen LogP contribution is -2.35. The van der Waals surface area contributed by atoms with Crippen LogP contribution in [0.25, 0.3) is 10.6 Å². The van der Waals surface area contributed by atoms with Crippen molar-refractivity contribution in [3.8, 4) is 10.6 Å². The van der Waals surface area contributed by atoms with Gasteiger partial charge in [-0.3, -0.25) is 9.69 Å². The van der Waals surface area contributed by atoms with E-state index in [1.54, 1.807) is 24.3 Å². The summed E-state index contributed by atoms with van der Waals surface area (Å²) in [5.41, 5.74) is 3.95. The second-order valence-electron chi connectivity index (χ2n) is 7.53. The number of nitrogens with zero attached hydrogens (tertiary/aromatic N) is 2. The van der Waals surface area contributed by atoms with Gasteiger partial charge in [0.2, 0.25) is 5.91 Å². The van der Waals surface area contributed by atoms with Crippen molar-refractivity contribution in [3.05, 3.63) is 70.7 Å². The maximum Gasteiger partial charge on any atom is 0.337 e. The molecule has 1 aliphatic heterocycles. The summed E-state index contributed by atoms with van der Waals surface area (Å²) in [6.45, 7) is 4.44. The minimum atomic E-state index is -0.443. The van der Waals surface area contributed by atoms with Gasteiger partial charge in [-0.1, -0.05) is 30.3 Å². The number of hydrogen-bond acceptors (Lipinski definition) is 7. The van der Waals surface area contributed by atoms with Gasteiger partial charge < -0.3 is 14.8 Å². The summed E-state index contributed by atoms with van der Waals surface area (Å²) >= 11 is 1.52. The molecule has 1 aromatic heterocycles. The van der Waals surface area contributed by atoms with Gasteiger partial charge in [-0.05, 0) is 23.8 Å². The number of amides is 1. The summed E-state index contributed by atoms with van der Waals surface area (Å²) in [5.74, 6) is -0.633. The number of anilines is 1. The molecule has 32 heavy (non-hydrogen) atoms. The normalized spacial score (nSPS) is 14.2. The van der Waals surface area contributed by atoms with Crippen LogP contribution in [0.15, 0.2) is 53.9 Å². The molecule has 1 N–H and O–H groups in total. The number of ether oxygens (including phenoxy) is 2. The molecule has 0 atom stereocenters. The first kappa shape index (κ1) is 22.1. The summed E-state index contributed by atoms with van der Waals surface area (Å²) in [6, 6.07) is 15.1. The third kappa shape index (κ3) is 5.79. The van der Waals surface area contributed by atoms with Crippen LogP contribution in [0.1, 0.15) is 21.6 Å². The number of esters is 1. The number of hydrogen-bond donors (Lipinski definition) is 1. The molecule has 0 saturated carbocycles. The number of morpholine rings is 1. The van der Waals surface area contributed by atoms with E-state index in [-0.39, 0.29) is 12.3 Å². The van der Waals surface area contributed by atoms with Crippen molar-refractivity contribution in [2.75, 3.05) is 38.7 Å². The Morgan fingerprint density at radius 1 is 1.16 bits per heavy atom. The maximum atomic E-state index is 12.4. The van der Waals surface area contributed by atoms with Gasteiger partial charge >= 0.3 is 5.97 Å². The fourth-order valence-electron chi connectivity index (χ4n) is 3.50. The van der Waals surface area contributed by atoms with E-state index in [4.69, 9.17) is 9.47 Å². The highest BCUT2D eigenvalue weighted by Gasteiger charge is 2.13. The standard InChI is InChI=1S/C24H25N3O4S/c1-30-24(29)19-3-2-4-20(13-19)25-22(28)14-21-16-32-23(26-21)18-7-5-17(6-8-18)15-27-9-11-31-12-10-27/h2-8,13,16H,9-12,14-15H2,1H3,(H,25,28). The molecule has 0 unspecified atom stereocenters. The monoisotopic (exact) mass is 451 g/mol. The number of nitrogens with one attached hydrogen (secondary N) is 1. The van der Waals surface area contributed by atoms with Crippen LogP contribution in [-0.2, 0) is 27.2 Å². The molecule has 2 heterocycles. The van der Waals surface area contributed by atoms with Gasteiger partial charge in [0.15, 0.2) is 0 Å². The molecular weight excluding hydrogens is 426 g/mol. The second-order valence-corrected chi connectivity index (χ2v) is 8.38. The van der Waals surface area contributed by atoms with Crippen LogP contribution in [-0.4, -0.2) is 55.2 Å². The molecule has 0 bridgehead atoms. The van der Waals surface area contributed by atoms with E-state index in [2.05, 4.69) is 39.5 Å². The molecule has 1 aliphatic rings. The Morgan fingerprint density at radius 3 is 2.69 bits per heavy atom. The molecule has 1 amide bonds. The van der Waals surface area contributed by atoms with Crippen LogP contribution in [0.3, 0.4) is 0 Å². The second kappa shape index (κ2) is 10.5. The Kier molecular flexibility index (Phi) is 7.26. The fraction of sp³-hybridized carbons (Fsp3) is 0.292. The predicted octanol–water partition coefficient (Wildman–Crippen LogP) is 3.61. The molecular formula is C24H25N3O4S. The largest absolute Gasteiger partial charge is 0.465 e. The Balaban J connectivity index is 1.34. The molecule has 1 saturated heterocycles. The van der Waals surface area contributed by atoms with E-state index in [1.165, 1.54) is 24.0 Å². The minimum Gasteiger partial charge on any atom is -0.465 e. The van der Waals surface area contributed by atoms with Gasteiger partial charge in [0, 0.05) is 36.3 Å². The number of rotatable bonds is 7. The average Bonchev–Trinajstić information content (AvgIpc) is 3.28. The number of carbonyl (C=O) groups excluding carboxylic acids is 2. The number of aromatic nitrogens is 1. The topological polar surface area (TPSA) is 80.8 Å². The number of methoxy groups -OCH3 is 1. The molecule has 0 radical (unpaired) electrons. The first-order chi connectivity index (χ1) is 15.6. The average molecular weight is 452 g/mol. The highest BCUT2D eigenvalue weighted by atomic mass is 32.1. The number of benzene rings is 2. The van der Waals surface area contributed by atoms with Crippen molar-refractivity contribution >= 4 is 28.9 Å². The zero-order chi connectivity index (χ0) is 22.3.